The molecular weight excluding hydrogens is 408 g/mol. The molecule has 1 amide bonds. The summed E-state index contributed by atoms with van der Waals surface area (Å²) in [6, 6.07) is 16.0. The third-order valence-corrected chi connectivity index (χ3v) is 5.97. The third-order valence-electron chi connectivity index (χ3n) is 5.00. The highest BCUT2D eigenvalue weighted by Gasteiger charge is 2.15. The first-order chi connectivity index (χ1) is 15.0. The maximum absolute atomic E-state index is 12.5. The van der Waals surface area contributed by atoms with Gasteiger partial charge in [-0.3, -0.25) is 4.79 Å². The lowest BCUT2D eigenvalue weighted by Gasteiger charge is -2.13. The largest absolute Gasteiger partial charge is 0.486 e. The highest BCUT2D eigenvalue weighted by Crippen LogP contribution is 2.24. The standard InChI is InChI=1S/C24H30N4O2S/c1-5-18-11-13-19(14-12-18)30-15-22-26-27-24(28(22)6-2)31-16-23(29)25-21-10-8-7-9-20(21)17(3)4/h7-14,17H,5-6,15-16H2,1-4H3,(H,25,29). The summed E-state index contributed by atoms with van der Waals surface area (Å²) in [4.78, 5) is 12.5. The number of nitrogens with zero attached hydrogens (tertiary/aromatic N) is 3. The van der Waals surface area contributed by atoms with Gasteiger partial charge in [0.25, 0.3) is 0 Å². The molecule has 1 aromatic heterocycles. The molecule has 0 aliphatic heterocycles. The number of hydrogen-bond acceptors (Lipinski definition) is 5. The van der Waals surface area contributed by atoms with Crippen LogP contribution in [0.15, 0.2) is 53.7 Å². The second kappa shape index (κ2) is 11.0. The first kappa shape index (κ1) is 22.9. The van der Waals surface area contributed by atoms with E-state index in [1.54, 1.807) is 0 Å². The predicted octanol–water partition coefficient (Wildman–Crippen LogP) is 5.29. The van der Waals surface area contributed by atoms with Crippen LogP contribution in [0.4, 0.5) is 5.69 Å². The van der Waals surface area contributed by atoms with Crippen molar-refractivity contribution in [3.05, 3.63) is 65.5 Å². The molecule has 0 fully saturated rings. The number of aromatic nitrogens is 3. The molecule has 164 valence electrons. The van der Waals surface area contributed by atoms with Gasteiger partial charge < -0.3 is 14.6 Å². The average Bonchev–Trinajstić information content (AvgIpc) is 3.18. The van der Waals surface area contributed by atoms with E-state index in [-0.39, 0.29) is 11.7 Å². The molecule has 0 saturated carbocycles. The Morgan fingerprint density at radius 3 is 2.52 bits per heavy atom. The van der Waals surface area contributed by atoms with Crippen molar-refractivity contribution in [2.75, 3.05) is 11.1 Å². The molecule has 0 aliphatic carbocycles. The first-order valence-corrected chi connectivity index (χ1v) is 11.7. The molecule has 1 heterocycles. The van der Waals surface area contributed by atoms with Gasteiger partial charge in [0, 0.05) is 12.2 Å². The van der Waals surface area contributed by atoms with Gasteiger partial charge in [0.05, 0.1) is 5.75 Å². The van der Waals surface area contributed by atoms with Gasteiger partial charge in [-0.15, -0.1) is 10.2 Å². The molecule has 3 aromatic rings. The summed E-state index contributed by atoms with van der Waals surface area (Å²) in [5.74, 6) is 2.10. The fraction of sp³-hybridized carbons (Fsp3) is 0.375. The number of ether oxygens (including phenoxy) is 1. The van der Waals surface area contributed by atoms with Crippen LogP contribution in [-0.4, -0.2) is 26.4 Å². The molecule has 31 heavy (non-hydrogen) atoms. The highest BCUT2D eigenvalue weighted by molar-refractivity contribution is 7.99. The summed E-state index contributed by atoms with van der Waals surface area (Å²) in [6.07, 6.45) is 1.00. The van der Waals surface area contributed by atoms with Gasteiger partial charge in [-0.1, -0.05) is 62.9 Å². The predicted molar refractivity (Wildman–Crippen MR) is 126 cm³/mol. The van der Waals surface area contributed by atoms with Gasteiger partial charge in [0.2, 0.25) is 5.91 Å². The number of nitrogens with one attached hydrogen (secondary N) is 1. The zero-order valence-electron chi connectivity index (χ0n) is 18.6. The number of benzene rings is 2. The SMILES string of the molecule is CCc1ccc(OCc2nnc(SCC(=O)Nc3ccccc3C(C)C)n2CC)cc1. The normalized spacial score (nSPS) is 11.0. The molecular formula is C24H30N4O2S. The number of carbonyl (C=O) groups is 1. The van der Waals surface area contributed by atoms with Crippen LogP contribution in [0.2, 0.25) is 0 Å². The fourth-order valence-corrected chi connectivity index (χ4v) is 4.07. The van der Waals surface area contributed by atoms with Crippen molar-refractivity contribution in [3.63, 3.8) is 0 Å². The smallest absolute Gasteiger partial charge is 0.234 e. The van der Waals surface area contributed by atoms with Crippen LogP contribution in [-0.2, 0) is 24.4 Å². The summed E-state index contributed by atoms with van der Waals surface area (Å²) in [5.41, 5.74) is 3.27. The topological polar surface area (TPSA) is 69.0 Å². The molecule has 1 N–H and O–H groups in total. The number of rotatable bonds is 10. The minimum absolute atomic E-state index is 0.0578. The summed E-state index contributed by atoms with van der Waals surface area (Å²) in [5, 5.41) is 12.3. The Balaban J connectivity index is 1.58. The van der Waals surface area contributed by atoms with Gasteiger partial charge >= 0.3 is 0 Å². The maximum atomic E-state index is 12.5. The van der Waals surface area contributed by atoms with E-state index in [0.29, 0.717) is 19.1 Å². The Labute approximate surface area is 188 Å². The van der Waals surface area contributed by atoms with Crippen molar-refractivity contribution >= 4 is 23.4 Å². The van der Waals surface area contributed by atoms with Crippen molar-refractivity contribution in [2.24, 2.45) is 0 Å². The molecule has 0 unspecified atom stereocenters. The minimum Gasteiger partial charge on any atom is -0.486 e. The van der Waals surface area contributed by atoms with E-state index in [4.69, 9.17) is 4.74 Å². The average molecular weight is 439 g/mol. The number of amides is 1. The number of aryl methyl sites for hydroxylation is 1. The molecule has 0 saturated heterocycles. The summed E-state index contributed by atoms with van der Waals surface area (Å²) in [6.45, 7) is 9.44. The van der Waals surface area contributed by atoms with Gasteiger partial charge in [0.15, 0.2) is 11.0 Å². The molecule has 2 aromatic carbocycles. The highest BCUT2D eigenvalue weighted by atomic mass is 32.2. The van der Waals surface area contributed by atoms with Crippen molar-refractivity contribution < 1.29 is 9.53 Å². The number of thioether (sulfide) groups is 1. The zero-order valence-corrected chi connectivity index (χ0v) is 19.4. The zero-order chi connectivity index (χ0) is 22.2. The van der Waals surface area contributed by atoms with E-state index in [0.717, 1.165) is 34.4 Å². The quantitative estimate of drug-likeness (QED) is 0.435. The summed E-state index contributed by atoms with van der Waals surface area (Å²) < 4.78 is 7.86. The van der Waals surface area contributed by atoms with E-state index in [9.17, 15) is 4.79 Å². The molecule has 6 nitrogen and oxygen atoms in total. The third kappa shape index (κ3) is 6.10. The van der Waals surface area contributed by atoms with Crippen molar-refractivity contribution in [1.82, 2.24) is 14.8 Å². The lowest BCUT2D eigenvalue weighted by atomic mass is 10.0. The van der Waals surface area contributed by atoms with Crippen LogP contribution in [0.25, 0.3) is 0 Å². The van der Waals surface area contributed by atoms with Crippen molar-refractivity contribution in [1.29, 1.82) is 0 Å². The number of carbonyl (C=O) groups excluding carboxylic acids is 1. The number of para-hydroxylation sites is 1. The Kier molecular flexibility index (Phi) is 8.12. The lowest BCUT2D eigenvalue weighted by Crippen LogP contribution is -2.16. The molecule has 7 heteroatoms. The second-order valence-corrected chi connectivity index (χ2v) is 8.45. The Hall–Kier alpha value is -2.80. The summed E-state index contributed by atoms with van der Waals surface area (Å²) in [7, 11) is 0. The van der Waals surface area contributed by atoms with Crippen LogP contribution in [0.5, 0.6) is 5.75 Å². The Bertz CT molecular complexity index is 999. The van der Waals surface area contributed by atoms with Gasteiger partial charge in [-0.25, -0.2) is 0 Å². The van der Waals surface area contributed by atoms with Gasteiger partial charge in [-0.2, -0.15) is 0 Å². The van der Waals surface area contributed by atoms with E-state index < -0.39 is 0 Å². The van der Waals surface area contributed by atoms with Crippen molar-refractivity contribution in [3.8, 4) is 5.75 Å². The molecule has 0 aliphatic rings. The van der Waals surface area contributed by atoms with E-state index >= 15 is 0 Å². The van der Waals surface area contributed by atoms with Crippen LogP contribution in [0, 0.1) is 0 Å². The van der Waals surface area contributed by atoms with E-state index in [1.165, 1.54) is 17.3 Å². The second-order valence-electron chi connectivity index (χ2n) is 7.51. The molecule has 0 bridgehead atoms. The van der Waals surface area contributed by atoms with E-state index in [1.807, 2.05) is 47.9 Å². The van der Waals surface area contributed by atoms with Gasteiger partial charge in [-0.05, 0) is 48.6 Å². The maximum Gasteiger partial charge on any atom is 0.234 e. The molecule has 0 atom stereocenters. The number of hydrogen-bond donors (Lipinski definition) is 1. The molecule has 3 rings (SSSR count). The van der Waals surface area contributed by atoms with Crippen LogP contribution >= 0.6 is 11.8 Å². The van der Waals surface area contributed by atoms with Crippen molar-refractivity contribution in [2.45, 2.75) is 58.3 Å². The monoisotopic (exact) mass is 438 g/mol. The fourth-order valence-electron chi connectivity index (χ4n) is 3.25. The lowest BCUT2D eigenvalue weighted by molar-refractivity contribution is -0.113. The molecule has 0 spiro atoms. The van der Waals surface area contributed by atoms with Crippen LogP contribution in [0.1, 0.15) is 50.6 Å². The van der Waals surface area contributed by atoms with Crippen LogP contribution < -0.4 is 10.1 Å². The Morgan fingerprint density at radius 1 is 1.10 bits per heavy atom. The first-order valence-electron chi connectivity index (χ1n) is 10.7. The van der Waals surface area contributed by atoms with Crippen LogP contribution in [0.3, 0.4) is 0 Å². The molecule has 0 radical (unpaired) electrons. The van der Waals surface area contributed by atoms with E-state index in [2.05, 4.69) is 48.4 Å². The van der Waals surface area contributed by atoms with Gasteiger partial charge in [0.1, 0.15) is 12.4 Å². The number of anilines is 1. The Morgan fingerprint density at radius 2 is 1.84 bits per heavy atom. The minimum atomic E-state index is -0.0578. The summed E-state index contributed by atoms with van der Waals surface area (Å²) >= 11 is 1.38.